The summed E-state index contributed by atoms with van der Waals surface area (Å²) in [7, 11) is 0. The minimum absolute atomic E-state index is 0.0927. The van der Waals surface area contributed by atoms with Crippen molar-refractivity contribution >= 4 is 29.1 Å². The highest BCUT2D eigenvalue weighted by Crippen LogP contribution is 2.43. The lowest BCUT2D eigenvalue weighted by Gasteiger charge is -2.43. The SMILES string of the molecule is O=C1c2c(O)c(=O)ccn2N2CN1C/C=C/COc1c(ccc(Cl)c1Cl)[C@@H]2c1ccccc1. The van der Waals surface area contributed by atoms with Crippen LogP contribution in [0, 0.1) is 0 Å². The zero-order chi connectivity index (χ0) is 23.1. The second kappa shape index (κ2) is 8.50. The number of aromatic hydroxyl groups is 1. The van der Waals surface area contributed by atoms with E-state index >= 15 is 0 Å². The summed E-state index contributed by atoms with van der Waals surface area (Å²) in [6.07, 6.45) is 5.08. The first-order valence-electron chi connectivity index (χ1n) is 10.3. The normalized spacial score (nSPS) is 18.6. The van der Waals surface area contributed by atoms with Crippen molar-refractivity contribution in [3.63, 3.8) is 0 Å². The quantitative estimate of drug-likeness (QED) is 0.530. The van der Waals surface area contributed by atoms with Crippen LogP contribution in [-0.4, -0.2) is 40.4 Å². The second-order valence-corrected chi connectivity index (χ2v) is 8.49. The Morgan fingerprint density at radius 2 is 1.79 bits per heavy atom. The molecule has 2 bridgehead atoms. The lowest BCUT2D eigenvalue weighted by molar-refractivity contribution is 0.0701. The van der Waals surface area contributed by atoms with Crippen LogP contribution >= 0.6 is 23.2 Å². The van der Waals surface area contributed by atoms with Gasteiger partial charge in [0, 0.05) is 24.4 Å². The fraction of sp³-hybridized carbons (Fsp3) is 0.167. The molecule has 9 heteroatoms. The lowest BCUT2D eigenvalue weighted by Crippen LogP contribution is -2.55. The molecule has 0 spiro atoms. The molecule has 3 heterocycles. The molecule has 0 fully saturated rings. The maximum atomic E-state index is 13.2. The molecule has 1 atom stereocenters. The van der Waals surface area contributed by atoms with Crippen LogP contribution in [0.3, 0.4) is 0 Å². The van der Waals surface area contributed by atoms with E-state index in [1.165, 1.54) is 16.9 Å². The van der Waals surface area contributed by atoms with E-state index in [4.69, 9.17) is 27.9 Å². The third-order valence-corrected chi connectivity index (χ3v) is 6.53. The smallest absolute Gasteiger partial charge is 0.278 e. The number of fused-ring (bicyclic) bond motifs is 5. The van der Waals surface area contributed by atoms with Gasteiger partial charge in [0.05, 0.1) is 5.02 Å². The van der Waals surface area contributed by atoms with Gasteiger partial charge in [0.15, 0.2) is 11.4 Å². The lowest BCUT2D eigenvalue weighted by atomic mass is 9.97. The largest absolute Gasteiger partial charge is 0.502 e. The highest BCUT2D eigenvalue weighted by atomic mass is 35.5. The zero-order valence-corrected chi connectivity index (χ0v) is 18.8. The Labute approximate surface area is 199 Å². The molecule has 0 saturated carbocycles. The van der Waals surface area contributed by atoms with Gasteiger partial charge < -0.3 is 14.7 Å². The minimum Gasteiger partial charge on any atom is -0.502 e. The van der Waals surface area contributed by atoms with E-state index in [1.807, 2.05) is 41.4 Å². The van der Waals surface area contributed by atoms with Gasteiger partial charge in [0.25, 0.3) is 5.91 Å². The number of amides is 1. The predicted molar refractivity (Wildman–Crippen MR) is 126 cm³/mol. The van der Waals surface area contributed by atoms with Crippen molar-refractivity contribution in [2.45, 2.75) is 6.04 Å². The highest BCUT2D eigenvalue weighted by molar-refractivity contribution is 6.43. The number of ether oxygens (including phenoxy) is 1. The summed E-state index contributed by atoms with van der Waals surface area (Å²) >= 11 is 12.9. The van der Waals surface area contributed by atoms with Crippen molar-refractivity contribution in [1.82, 2.24) is 9.58 Å². The number of hydrogen-bond acceptors (Lipinski definition) is 5. The predicted octanol–water partition coefficient (Wildman–Crippen LogP) is 3.95. The molecule has 33 heavy (non-hydrogen) atoms. The Hall–Kier alpha value is -3.42. The monoisotopic (exact) mass is 483 g/mol. The molecule has 0 unspecified atom stereocenters. The van der Waals surface area contributed by atoms with Gasteiger partial charge in [-0.1, -0.05) is 65.7 Å². The van der Waals surface area contributed by atoms with Gasteiger partial charge in [0.1, 0.15) is 30.1 Å². The fourth-order valence-corrected chi connectivity index (χ4v) is 4.57. The molecule has 1 aromatic heterocycles. The van der Waals surface area contributed by atoms with Gasteiger partial charge in [0.2, 0.25) is 5.43 Å². The van der Waals surface area contributed by atoms with Crippen molar-refractivity contribution < 1.29 is 14.6 Å². The van der Waals surface area contributed by atoms with Crippen molar-refractivity contribution in [3.8, 4) is 11.5 Å². The maximum absolute atomic E-state index is 13.2. The van der Waals surface area contributed by atoms with Crippen molar-refractivity contribution in [2.75, 3.05) is 24.8 Å². The van der Waals surface area contributed by atoms with Crippen LogP contribution < -0.4 is 15.2 Å². The van der Waals surface area contributed by atoms with E-state index in [-0.39, 0.29) is 30.5 Å². The Morgan fingerprint density at radius 1 is 1.00 bits per heavy atom. The number of carbonyl (C=O) groups excluding carboxylic acids is 1. The van der Waals surface area contributed by atoms with E-state index in [0.717, 1.165) is 11.1 Å². The summed E-state index contributed by atoms with van der Waals surface area (Å²) < 4.78 is 7.58. The summed E-state index contributed by atoms with van der Waals surface area (Å²) in [4.78, 5) is 27.0. The number of aromatic nitrogens is 1. The molecule has 0 aliphatic carbocycles. The summed E-state index contributed by atoms with van der Waals surface area (Å²) in [6, 6.07) is 13.9. The number of carbonyl (C=O) groups is 1. The molecule has 7 nitrogen and oxygen atoms in total. The molecule has 1 N–H and O–H groups in total. The average molecular weight is 484 g/mol. The van der Waals surface area contributed by atoms with Crippen LogP contribution in [0.1, 0.15) is 27.7 Å². The third kappa shape index (κ3) is 3.63. The van der Waals surface area contributed by atoms with Gasteiger partial charge in [-0.3, -0.25) is 19.3 Å². The van der Waals surface area contributed by atoms with Crippen LogP contribution in [0.15, 0.2) is 71.7 Å². The van der Waals surface area contributed by atoms with Gasteiger partial charge in [-0.05, 0) is 17.7 Å². The maximum Gasteiger partial charge on any atom is 0.278 e. The molecule has 5 rings (SSSR count). The summed E-state index contributed by atoms with van der Waals surface area (Å²) in [5, 5.41) is 13.1. The fourth-order valence-electron chi connectivity index (χ4n) is 4.19. The zero-order valence-electron chi connectivity index (χ0n) is 17.3. The average Bonchev–Trinajstić information content (AvgIpc) is 2.85. The molecule has 3 aromatic rings. The molecule has 2 aliphatic rings. The van der Waals surface area contributed by atoms with E-state index in [0.29, 0.717) is 10.8 Å². The first kappa shape index (κ1) is 21.4. The van der Waals surface area contributed by atoms with Gasteiger partial charge >= 0.3 is 0 Å². The van der Waals surface area contributed by atoms with Crippen molar-refractivity contribution in [1.29, 1.82) is 0 Å². The van der Waals surface area contributed by atoms with Crippen LogP contribution in [0.4, 0.5) is 0 Å². The van der Waals surface area contributed by atoms with Crippen LogP contribution in [0.2, 0.25) is 10.0 Å². The number of pyridine rings is 1. The number of nitrogens with zero attached hydrogens (tertiary/aromatic N) is 3. The molecular formula is C24H19Cl2N3O4. The Bertz CT molecular complexity index is 1320. The van der Waals surface area contributed by atoms with Gasteiger partial charge in [-0.2, -0.15) is 0 Å². The summed E-state index contributed by atoms with van der Waals surface area (Å²) in [6.45, 7) is 0.692. The Kier molecular flexibility index (Phi) is 5.52. The van der Waals surface area contributed by atoms with E-state index in [1.54, 1.807) is 23.1 Å². The molecule has 0 radical (unpaired) electrons. The van der Waals surface area contributed by atoms with E-state index in [9.17, 15) is 14.7 Å². The third-order valence-electron chi connectivity index (χ3n) is 5.74. The molecule has 2 aliphatic heterocycles. The van der Waals surface area contributed by atoms with Gasteiger partial charge in [-0.25, -0.2) is 0 Å². The van der Waals surface area contributed by atoms with Crippen molar-refractivity contribution in [3.05, 3.63) is 104 Å². The molecule has 2 aromatic carbocycles. The number of benzene rings is 2. The summed E-state index contributed by atoms with van der Waals surface area (Å²) in [5.41, 5.74) is 0.909. The second-order valence-electron chi connectivity index (χ2n) is 7.71. The molecule has 0 saturated heterocycles. The first-order chi connectivity index (χ1) is 16.0. The Morgan fingerprint density at radius 3 is 2.58 bits per heavy atom. The first-order valence-corrected chi connectivity index (χ1v) is 11.0. The van der Waals surface area contributed by atoms with E-state index < -0.39 is 23.1 Å². The molecule has 1 amide bonds. The topological polar surface area (TPSA) is 75.0 Å². The number of halogens is 2. The number of rotatable bonds is 1. The summed E-state index contributed by atoms with van der Waals surface area (Å²) in [5.74, 6) is -0.597. The number of hydrogen-bond donors (Lipinski definition) is 1. The minimum atomic E-state index is -0.619. The molecular weight excluding hydrogens is 465 g/mol. The van der Waals surface area contributed by atoms with Crippen LogP contribution in [0.5, 0.6) is 11.5 Å². The van der Waals surface area contributed by atoms with Crippen molar-refractivity contribution in [2.24, 2.45) is 0 Å². The van der Waals surface area contributed by atoms with Crippen LogP contribution in [-0.2, 0) is 0 Å². The van der Waals surface area contributed by atoms with Crippen LogP contribution in [0.25, 0.3) is 0 Å². The molecule has 168 valence electrons. The Balaban J connectivity index is 1.83. The van der Waals surface area contributed by atoms with Gasteiger partial charge in [-0.15, -0.1) is 0 Å². The highest BCUT2D eigenvalue weighted by Gasteiger charge is 2.37. The standard InChI is InChI=1S/C24H19Cl2N3O4/c25-17-9-8-16-20(15-6-2-1-3-7-15)29-14-27(11-4-5-13-33-23(16)19(17)26)24(32)21-22(31)18(30)10-12-28(21)29/h1-10,12,20,31H,11,13-14H2/b5-4+/t20-/m0/s1. The van der Waals surface area contributed by atoms with E-state index in [2.05, 4.69) is 0 Å².